The van der Waals surface area contributed by atoms with Crippen molar-refractivity contribution in [2.75, 3.05) is 25.6 Å². The van der Waals surface area contributed by atoms with Gasteiger partial charge in [-0.1, -0.05) is 59.7 Å². The molecule has 2 unspecified atom stereocenters. The van der Waals surface area contributed by atoms with E-state index in [2.05, 4.69) is 48.5 Å². The van der Waals surface area contributed by atoms with Crippen molar-refractivity contribution >= 4 is 23.6 Å². The Morgan fingerprint density at radius 3 is 1.34 bits per heavy atom. The van der Waals surface area contributed by atoms with Crippen LogP contribution in [-0.4, -0.2) is 47.2 Å². The molecule has 0 aliphatic rings. The summed E-state index contributed by atoms with van der Waals surface area (Å²) in [7, 11) is 3.64. The molecule has 0 fully saturated rings. The summed E-state index contributed by atoms with van der Waals surface area (Å²) < 4.78 is 0. The second-order valence-electron chi connectivity index (χ2n) is 7.68. The number of nitrogens with zero attached hydrogens (tertiary/aromatic N) is 2. The molecule has 5 heteroatoms. The first kappa shape index (κ1) is 23.0. The van der Waals surface area contributed by atoms with Crippen LogP contribution in [0.1, 0.15) is 48.2 Å². The van der Waals surface area contributed by atoms with Crippen LogP contribution >= 0.6 is 11.8 Å². The first-order valence-corrected chi connectivity index (χ1v) is 11.1. The molecule has 2 aromatic carbocycles. The van der Waals surface area contributed by atoms with Gasteiger partial charge in [-0.25, -0.2) is 0 Å². The maximum Gasteiger partial charge on any atom is 0.232 e. The van der Waals surface area contributed by atoms with Gasteiger partial charge in [-0.15, -0.1) is 11.8 Å². The highest BCUT2D eigenvalue weighted by atomic mass is 32.2. The van der Waals surface area contributed by atoms with Crippen LogP contribution < -0.4 is 0 Å². The van der Waals surface area contributed by atoms with Crippen LogP contribution in [0.5, 0.6) is 0 Å². The Balaban J connectivity index is 1.83. The fourth-order valence-corrected chi connectivity index (χ4v) is 3.86. The van der Waals surface area contributed by atoms with E-state index in [-0.39, 0.29) is 23.9 Å². The molecular formula is C24H32N2O2S. The van der Waals surface area contributed by atoms with Crippen molar-refractivity contribution < 1.29 is 9.59 Å². The number of hydrogen-bond acceptors (Lipinski definition) is 3. The summed E-state index contributed by atoms with van der Waals surface area (Å²) in [5.41, 5.74) is 4.62. The Kier molecular flexibility index (Phi) is 8.32. The zero-order chi connectivity index (χ0) is 21.6. The van der Waals surface area contributed by atoms with Crippen molar-refractivity contribution in [3.8, 4) is 0 Å². The first-order chi connectivity index (χ1) is 13.7. The minimum absolute atomic E-state index is 0.00337. The van der Waals surface area contributed by atoms with Gasteiger partial charge in [0.1, 0.15) is 0 Å². The summed E-state index contributed by atoms with van der Waals surface area (Å²) in [6.07, 6.45) is 0. The van der Waals surface area contributed by atoms with Gasteiger partial charge in [-0.2, -0.15) is 0 Å². The lowest BCUT2D eigenvalue weighted by atomic mass is 10.1. The van der Waals surface area contributed by atoms with Crippen LogP contribution in [0.25, 0.3) is 0 Å². The van der Waals surface area contributed by atoms with Gasteiger partial charge in [0.15, 0.2) is 0 Å². The van der Waals surface area contributed by atoms with Crippen molar-refractivity contribution in [2.24, 2.45) is 0 Å². The van der Waals surface area contributed by atoms with E-state index in [1.807, 2.05) is 41.8 Å². The number of amides is 2. The van der Waals surface area contributed by atoms with E-state index in [4.69, 9.17) is 0 Å². The van der Waals surface area contributed by atoms with Gasteiger partial charge in [0, 0.05) is 14.1 Å². The van der Waals surface area contributed by atoms with E-state index >= 15 is 0 Å². The molecule has 29 heavy (non-hydrogen) atoms. The zero-order valence-electron chi connectivity index (χ0n) is 18.3. The summed E-state index contributed by atoms with van der Waals surface area (Å²) in [5, 5.41) is 0. The molecule has 156 valence electrons. The van der Waals surface area contributed by atoms with E-state index in [0.29, 0.717) is 11.5 Å². The molecule has 0 bridgehead atoms. The molecule has 2 amide bonds. The number of rotatable bonds is 8. The molecular weight excluding hydrogens is 380 g/mol. The Labute approximate surface area is 179 Å². The molecule has 0 spiro atoms. The predicted octanol–water partition coefficient (Wildman–Crippen LogP) is 4.78. The van der Waals surface area contributed by atoms with Crippen LogP contribution in [0, 0.1) is 13.8 Å². The molecule has 2 aromatic rings. The maximum absolute atomic E-state index is 12.5. The Bertz CT molecular complexity index is 748. The van der Waals surface area contributed by atoms with Gasteiger partial charge in [-0.05, 0) is 38.8 Å². The van der Waals surface area contributed by atoms with Crippen molar-refractivity contribution in [2.45, 2.75) is 39.8 Å². The molecule has 0 aliphatic carbocycles. The van der Waals surface area contributed by atoms with Crippen LogP contribution in [0.3, 0.4) is 0 Å². The molecule has 0 radical (unpaired) electrons. The summed E-state index contributed by atoms with van der Waals surface area (Å²) in [4.78, 5) is 28.6. The molecule has 0 saturated heterocycles. The van der Waals surface area contributed by atoms with E-state index in [9.17, 15) is 9.59 Å². The minimum Gasteiger partial charge on any atom is -0.338 e. The van der Waals surface area contributed by atoms with Crippen LogP contribution in [0.15, 0.2) is 48.5 Å². The third kappa shape index (κ3) is 6.36. The Morgan fingerprint density at radius 2 is 1.03 bits per heavy atom. The fraction of sp³-hybridized carbons (Fsp3) is 0.417. The van der Waals surface area contributed by atoms with Gasteiger partial charge >= 0.3 is 0 Å². The van der Waals surface area contributed by atoms with E-state index < -0.39 is 0 Å². The van der Waals surface area contributed by atoms with Crippen LogP contribution in [0.2, 0.25) is 0 Å². The van der Waals surface area contributed by atoms with Gasteiger partial charge in [0.25, 0.3) is 0 Å². The second-order valence-corrected chi connectivity index (χ2v) is 8.66. The summed E-state index contributed by atoms with van der Waals surface area (Å²) in [6.45, 7) is 8.15. The molecule has 0 N–H and O–H groups in total. The number of aryl methyl sites for hydroxylation is 2. The predicted molar refractivity (Wildman–Crippen MR) is 122 cm³/mol. The van der Waals surface area contributed by atoms with Gasteiger partial charge in [-0.3, -0.25) is 9.59 Å². The first-order valence-electron chi connectivity index (χ1n) is 9.93. The lowest BCUT2D eigenvalue weighted by Crippen LogP contribution is -2.33. The largest absolute Gasteiger partial charge is 0.338 e. The monoisotopic (exact) mass is 412 g/mol. The quantitative estimate of drug-likeness (QED) is 0.627. The highest BCUT2D eigenvalue weighted by Crippen LogP contribution is 2.22. The number of thioether (sulfide) groups is 1. The molecule has 0 aliphatic heterocycles. The van der Waals surface area contributed by atoms with E-state index in [1.165, 1.54) is 22.9 Å². The smallest absolute Gasteiger partial charge is 0.232 e. The Morgan fingerprint density at radius 1 is 0.724 bits per heavy atom. The summed E-state index contributed by atoms with van der Waals surface area (Å²) in [6, 6.07) is 16.5. The minimum atomic E-state index is 0.00337. The van der Waals surface area contributed by atoms with Crippen molar-refractivity contribution in [3.05, 3.63) is 70.8 Å². The molecule has 2 rings (SSSR count). The van der Waals surface area contributed by atoms with Crippen molar-refractivity contribution in [1.82, 2.24) is 9.80 Å². The average Bonchev–Trinajstić information content (AvgIpc) is 2.72. The number of hydrogen-bond donors (Lipinski definition) is 0. The normalized spacial score (nSPS) is 12.9. The van der Waals surface area contributed by atoms with Crippen molar-refractivity contribution in [1.29, 1.82) is 0 Å². The lowest BCUT2D eigenvalue weighted by Gasteiger charge is -2.27. The van der Waals surface area contributed by atoms with Gasteiger partial charge in [0.2, 0.25) is 11.8 Å². The standard InChI is InChI=1S/C24H32N2O2S/c1-17-7-11-21(12-8-17)19(3)25(5)23(27)15-29-16-24(28)26(6)20(4)22-13-9-18(2)10-14-22/h7-14,19-20H,15-16H2,1-6H3. The van der Waals surface area contributed by atoms with E-state index in [1.54, 1.807) is 9.80 Å². The van der Waals surface area contributed by atoms with Crippen LogP contribution in [0.4, 0.5) is 0 Å². The zero-order valence-corrected chi connectivity index (χ0v) is 19.1. The highest BCUT2D eigenvalue weighted by molar-refractivity contribution is 8.00. The molecule has 4 nitrogen and oxygen atoms in total. The molecule has 0 aromatic heterocycles. The van der Waals surface area contributed by atoms with Gasteiger partial charge in [0.05, 0.1) is 23.6 Å². The summed E-state index contributed by atoms with van der Waals surface area (Å²) >= 11 is 1.37. The second kappa shape index (κ2) is 10.5. The topological polar surface area (TPSA) is 40.6 Å². The number of benzene rings is 2. The number of carbonyl (C=O) groups excluding carboxylic acids is 2. The fourth-order valence-electron chi connectivity index (χ4n) is 3.00. The SMILES string of the molecule is Cc1ccc(C(C)N(C)C(=O)CSCC(=O)N(C)C(C)c2ccc(C)cc2)cc1. The van der Waals surface area contributed by atoms with Gasteiger partial charge < -0.3 is 9.80 Å². The molecule has 2 atom stereocenters. The number of carbonyl (C=O) groups is 2. The average molecular weight is 413 g/mol. The maximum atomic E-state index is 12.5. The third-order valence-corrected chi connectivity index (χ3v) is 6.42. The summed E-state index contributed by atoms with van der Waals surface area (Å²) in [5.74, 6) is 0.659. The molecule has 0 heterocycles. The van der Waals surface area contributed by atoms with Crippen molar-refractivity contribution in [3.63, 3.8) is 0 Å². The third-order valence-electron chi connectivity index (χ3n) is 5.52. The van der Waals surface area contributed by atoms with Crippen LogP contribution in [-0.2, 0) is 9.59 Å². The van der Waals surface area contributed by atoms with E-state index in [0.717, 1.165) is 11.1 Å². The highest BCUT2D eigenvalue weighted by Gasteiger charge is 2.20. The Hall–Kier alpha value is -2.27. The lowest BCUT2D eigenvalue weighted by molar-refractivity contribution is -0.129. The molecule has 0 saturated carbocycles.